The van der Waals surface area contributed by atoms with Gasteiger partial charge in [-0.1, -0.05) is 24.3 Å². The summed E-state index contributed by atoms with van der Waals surface area (Å²) in [4.78, 5) is 13.6. The van der Waals surface area contributed by atoms with Crippen LogP contribution in [0.5, 0.6) is 5.75 Å². The molecule has 29 heavy (non-hydrogen) atoms. The molecule has 3 aromatic heterocycles. The van der Waals surface area contributed by atoms with Crippen molar-refractivity contribution in [3.05, 3.63) is 72.8 Å². The largest absolute Gasteiger partial charge is 0.497 e. The second-order valence-electron chi connectivity index (χ2n) is 6.61. The van der Waals surface area contributed by atoms with Crippen molar-refractivity contribution >= 4 is 27.5 Å². The second-order valence-corrected chi connectivity index (χ2v) is 6.61. The molecular formula is C22H18N6O. The fourth-order valence-corrected chi connectivity index (χ4v) is 3.49. The number of hydrogen-bond donors (Lipinski definition) is 2. The molecule has 0 atom stereocenters. The lowest BCUT2D eigenvalue weighted by Crippen LogP contribution is -2.03. The van der Waals surface area contributed by atoms with Crippen molar-refractivity contribution < 1.29 is 4.74 Å². The van der Waals surface area contributed by atoms with Crippen molar-refractivity contribution in [1.82, 2.24) is 25.1 Å². The maximum atomic E-state index is 5.32. The molecule has 0 spiro atoms. The molecular weight excluding hydrogens is 364 g/mol. The average molecular weight is 382 g/mol. The number of aromatic nitrogens is 5. The summed E-state index contributed by atoms with van der Waals surface area (Å²) < 4.78 is 5.32. The molecule has 0 amide bonds. The first kappa shape index (κ1) is 17.1. The average Bonchev–Trinajstić information content (AvgIpc) is 3.32. The molecule has 5 rings (SSSR count). The van der Waals surface area contributed by atoms with E-state index in [1.54, 1.807) is 19.6 Å². The number of anilines is 1. The van der Waals surface area contributed by atoms with Gasteiger partial charge in [-0.25, -0.2) is 9.97 Å². The summed E-state index contributed by atoms with van der Waals surface area (Å²) in [7, 11) is 1.67. The van der Waals surface area contributed by atoms with Gasteiger partial charge in [-0.05, 0) is 29.8 Å². The van der Waals surface area contributed by atoms with Crippen LogP contribution in [0.1, 0.15) is 5.56 Å². The van der Waals surface area contributed by atoms with Crippen molar-refractivity contribution in [1.29, 1.82) is 0 Å². The summed E-state index contributed by atoms with van der Waals surface area (Å²) in [5.74, 6) is 2.24. The number of rotatable bonds is 5. The maximum Gasteiger partial charge on any atom is 0.183 e. The van der Waals surface area contributed by atoms with Crippen LogP contribution in [0.4, 0.5) is 5.82 Å². The zero-order valence-corrected chi connectivity index (χ0v) is 15.8. The molecule has 0 aliphatic carbocycles. The molecule has 7 nitrogen and oxygen atoms in total. The van der Waals surface area contributed by atoms with E-state index in [4.69, 9.17) is 9.72 Å². The van der Waals surface area contributed by atoms with E-state index >= 15 is 0 Å². The van der Waals surface area contributed by atoms with Gasteiger partial charge >= 0.3 is 0 Å². The van der Waals surface area contributed by atoms with Gasteiger partial charge in [0.2, 0.25) is 0 Å². The summed E-state index contributed by atoms with van der Waals surface area (Å²) in [6, 6.07) is 16.0. The Labute approximate surface area is 166 Å². The van der Waals surface area contributed by atoms with Gasteiger partial charge < -0.3 is 10.1 Å². The van der Waals surface area contributed by atoms with E-state index in [0.717, 1.165) is 44.4 Å². The molecule has 3 heterocycles. The first-order valence-corrected chi connectivity index (χ1v) is 9.23. The van der Waals surface area contributed by atoms with E-state index in [0.29, 0.717) is 12.4 Å². The van der Waals surface area contributed by atoms with E-state index in [1.807, 2.05) is 48.7 Å². The Morgan fingerprint density at radius 1 is 1.03 bits per heavy atom. The Balaban J connectivity index is 1.64. The summed E-state index contributed by atoms with van der Waals surface area (Å²) in [6.07, 6.45) is 5.22. The molecule has 0 bridgehead atoms. The number of benzene rings is 2. The number of hydrogen-bond acceptors (Lipinski definition) is 6. The Kier molecular flexibility index (Phi) is 4.25. The van der Waals surface area contributed by atoms with Gasteiger partial charge in [0, 0.05) is 40.7 Å². The molecule has 2 aromatic carbocycles. The Morgan fingerprint density at radius 3 is 2.83 bits per heavy atom. The first-order chi connectivity index (χ1) is 14.3. The lowest BCUT2D eigenvalue weighted by molar-refractivity contribution is 0.414. The topological polar surface area (TPSA) is 88.6 Å². The van der Waals surface area contributed by atoms with Gasteiger partial charge in [0.05, 0.1) is 12.6 Å². The molecule has 142 valence electrons. The van der Waals surface area contributed by atoms with E-state index in [2.05, 4.69) is 31.5 Å². The minimum absolute atomic E-state index is 0.616. The van der Waals surface area contributed by atoms with Crippen LogP contribution in [0.2, 0.25) is 0 Å². The molecule has 0 saturated heterocycles. The third kappa shape index (κ3) is 3.12. The molecule has 0 aliphatic rings. The fraction of sp³-hybridized carbons (Fsp3) is 0.0909. The summed E-state index contributed by atoms with van der Waals surface area (Å²) >= 11 is 0. The molecule has 7 heteroatoms. The van der Waals surface area contributed by atoms with Gasteiger partial charge in [0.1, 0.15) is 17.9 Å². The number of aromatic amines is 1. The predicted octanol–water partition coefficient (Wildman–Crippen LogP) is 4.19. The van der Waals surface area contributed by atoms with Crippen molar-refractivity contribution in [3.63, 3.8) is 0 Å². The Hall–Kier alpha value is -4.00. The molecule has 2 N–H and O–H groups in total. The predicted molar refractivity (Wildman–Crippen MR) is 113 cm³/mol. The van der Waals surface area contributed by atoms with Crippen LogP contribution in [-0.4, -0.2) is 32.3 Å². The highest BCUT2D eigenvalue weighted by Crippen LogP contribution is 2.33. The number of nitrogens with zero attached hydrogens (tertiary/aromatic N) is 4. The third-order valence-electron chi connectivity index (χ3n) is 4.88. The van der Waals surface area contributed by atoms with Gasteiger partial charge in [-0.2, -0.15) is 5.10 Å². The van der Waals surface area contributed by atoms with Crippen LogP contribution in [-0.2, 0) is 6.54 Å². The lowest BCUT2D eigenvalue weighted by atomic mass is 10.0. The van der Waals surface area contributed by atoms with E-state index < -0.39 is 0 Å². The molecule has 0 saturated carbocycles. The van der Waals surface area contributed by atoms with Crippen molar-refractivity contribution in [3.8, 4) is 17.1 Å². The maximum absolute atomic E-state index is 5.32. The van der Waals surface area contributed by atoms with Gasteiger partial charge in [-0.3, -0.25) is 10.1 Å². The summed E-state index contributed by atoms with van der Waals surface area (Å²) in [5.41, 5.74) is 2.82. The third-order valence-corrected chi connectivity index (χ3v) is 4.88. The standard InChI is InChI=1S/C22H18N6O/c1-29-15-5-2-4-14(10-15)11-24-21-17-8-9-23-12-19(17)16-6-3-7-18(20(16)27-21)22-25-13-26-28-22/h2-10,12-13H,11H2,1H3,(H,24,27)(H,25,26,28). The van der Waals surface area contributed by atoms with Gasteiger partial charge in [-0.15, -0.1) is 0 Å². The zero-order valence-electron chi connectivity index (χ0n) is 15.8. The van der Waals surface area contributed by atoms with Gasteiger partial charge in [0.15, 0.2) is 5.82 Å². The first-order valence-electron chi connectivity index (χ1n) is 9.23. The monoisotopic (exact) mass is 382 g/mol. The fourth-order valence-electron chi connectivity index (χ4n) is 3.49. The Bertz CT molecular complexity index is 1300. The highest BCUT2D eigenvalue weighted by molar-refractivity contribution is 6.12. The molecule has 5 aromatic rings. The highest BCUT2D eigenvalue weighted by Gasteiger charge is 2.14. The minimum Gasteiger partial charge on any atom is -0.497 e. The lowest BCUT2D eigenvalue weighted by Gasteiger charge is -2.13. The second kappa shape index (κ2) is 7.20. The van der Waals surface area contributed by atoms with E-state index in [9.17, 15) is 0 Å². The highest BCUT2D eigenvalue weighted by atomic mass is 16.5. The molecule has 0 radical (unpaired) electrons. The van der Waals surface area contributed by atoms with Crippen molar-refractivity contribution in [2.45, 2.75) is 6.54 Å². The summed E-state index contributed by atoms with van der Waals surface area (Å²) in [6.45, 7) is 0.621. The number of ether oxygens (including phenoxy) is 1. The van der Waals surface area contributed by atoms with E-state index in [1.165, 1.54) is 0 Å². The number of pyridine rings is 2. The number of H-pyrrole nitrogens is 1. The number of fused-ring (bicyclic) bond motifs is 3. The van der Waals surface area contributed by atoms with Crippen molar-refractivity contribution in [2.24, 2.45) is 0 Å². The van der Waals surface area contributed by atoms with Crippen LogP contribution < -0.4 is 10.1 Å². The van der Waals surface area contributed by atoms with Crippen molar-refractivity contribution in [2.75, 3.05) is 12.4 Å². The zero-order chi connectivity index (χ0) is 19.6. The molecule has 0 unspecified atom stereocenters. The normalized spacial score (nSPS) is 11.1. The number of nitrogens with one attached hydrogen (secondary N) is 2. The van der Waals surface area contributed by atoms with Gasteiger partial charge in [0.25, 0.3) is 0 Å². The smallest absolute Gasteiger partial charge is 0.183 e. The number of para-hydroxylation sites is 1. The Morgan fingerprint density at radius 2 is 1.97 bits per heavy atom. The van der Waals surface area contributed by atoms with Crippen LogP contribution in [0.15, 0.2) is 67.3 Å². The molecule has 0 aliphatic heterocycles. The minimum atomic E-state index is 0.616. The molecule has 0 fully saturated rings. The SMILES string of the molecule is COc1cccc(CNc2nc3c(-c4nc[nH]n4)cccc3c3cnccc23)c1. The van der Waals surface area contributed by atoms with Crippen LogP contribution in [0.25, 0.3) is 33.1 Å². The van der Waals surface area contributed by atoms with Crippen LogP contribution in [0, 0.1) is 0 Å². The summed E-state index contributed by atoms with van der Waals surface area (Å²) in [5, 5.41) is 13.5. The quantitative estimate of drug-likeness (QED) is 0.443. The number of methoxy groups -OCH3 is 1. The van der Waals surface area contributed by atoms with Crippen LogP contribution in [0.3, 0.4) is 0 Å². The van der Waals surface area contributed by atoms with Crippen LogP contribution >= 0.6 is 0 Å². The van der Waals surface area contributed by atoms with E-state index in [-0.39, 0.29) is 0 Å².